The van der Waals surface area contributed by atoms with Gasteiger partial charge in [-0.05, 0) is 11.5 Å². The molecular formula is C15H14O5S. The highest BCUT2D eigenvalue weighted by Gasteiger charge is 2.17. The summed E-state index contributed by atoms with van der Waals surface area (Å²) in [5.41, 5.74) is 0.0778. The SMILES string of the molecule is COC(=O)c1cc(SCCC(=O)O)c2ccccc2c1O. The molecule has 0 fully saturated rings. The van der Waals surface area contributed by atoms with Gasteiger partial charge in [0.1, 0.15) is 11.3 Å². The van der Waals surface area contributed by atoms with Gasteiger partial charge in [0.05, 0.1) is 13.5 Å². The fourth-order valence-electron chi connectivity index (χ4n) is 1.96. The van der Waals surface area contributed by atoms with Crippen LogP contribution in [0.15, 0.2) is 35.2 Å². The standard InChI is InChI=1S/C15H14O5S/c1-20-15(19)11-8-12(21-7-6-13(16)17)9-4-2-3-5-10(9)14(11)18/h2-5,8,18H,6-7H2,1H3,(H,16,17). The molecular weight excluding hydrogens is 292 g/mol. The Morgan fingerprint density at radius 3 is 2.52 bits per heavy atom. The molecule has 2 N–H and O–H groups in total. The molecule has 5 nitrogen and oxygen atoms in total. The number of hydrogen-bond acceptors (Lipinski definition) is 5. The summed E-state index contributed by atoms with van der Waals surface area (Å²) in [6.07, 6.45) is 0.0213. The lowest BCUT2D eigenvalue weighted by molar-refractivity contribution is -0.136. The average Bonchev–Trinajstić information content (AvgIpc) is 2.48. The third kappa shape index (κ3) is 3.28. The summed E-state index contributed by atoms with van der Waals surface area (Å²) in [7, 11) is 1.24. The molecule has 0 aliphatic heterocycles. The molecule has 0 aromatic heterocycles. The molecule has 110 valence electrons. The minimum atomic E-state index is -0.876. The van der Waals surface area contributed by atoms with Crippen molar-refractivity contribution < 1.29 is 24.5 Å². The van der Waals surface area contributed by atoms with Crippen molar-refractivity contribution in [2.45, 2.75) is 11.3 Å². The summed E-state index contributed by atoms with van der Waals surface area (Å²) in [6.45, 7) is 0. The largest absolute Gasteiger partial charge is 0.506 e. The van der Waals surface area contributed by atoms with E-state index in [1.165, 1.54) is 24.9 Å². The second kappa shape index (κ2) is 6.49. The number of carboxylic acids is 1. The molecule has 0 aliphatic carbocycles. The maximum absolute atomic E-state index is 11.7. The van der Waals surface area contributed by atoms with Crippen LogP contribution in [-0.4, -0.2) is 35.0 Å². The van der Waals surface area contributed by atoms with Crippen molar-refractivity contribution in [3.05, 3.63) is 35.9 Å². The van der Waals surface area contributed by atoms with Crippen LogP contribution >= 0.6 is 11.8 Å². The first-order valence-corrected chi connectivity index (χ1v) is 7.20. The molecule has 2 aromatic carbocycles. The number of carbonyl (C=O) groups excluding carboxylic acids is 1. The third-order valence-corrected chi connectivity index (χ3v) is 4.01. The molecule has 0 amide bonds. The quantitative estimate of drug-likeness (QED) is 0.653. The molecule has 2 aromatic rings. The first-order chi connectivity index (χ1) is 10.0. The van der Waals surface area contributed by atoms with Crippen molar-refractivity contribution in [3.8, 4) is 5.75 Å². The first-order valence-electron chi connectivity index (χ1n) is 6.22. The molecule has 0 aliphatic rings. The molecule has 0 bridgehead atoms. The van der Waals surface area contributed by atoms with Crippen LogP contribution in [0.4, 0.5) is 0 Å². The van der Waals surface area contributed by atoms with Crippen LogP contribution in [0.5, 0.6) is 5.75 Å². The van der Waals surface area contributed by atoms with Crippen molar-refractivity contribution >= 4 is 34.5 Å². The van der Waals surface area contributed by atoms with E-state index in [9.17, 15) is 14.7 Å². The average molecular weight is 306 g/mol. The number of thioether (sulfide) groups is 1. The van der Waals surface area contributed by atoms with Gasteiger partial charge in [0.25, 0.3) is 0 Å². The van der Waals surface area contributed by atoms with Crippen LogP contribution < -0.4 is 0 Å². The third-order valence-electron chi connectivity index (χ3n) is 2.96. The zero-order valence-corrected chi connectivity index (χ0v) is 12.1. The Morgan fingerprint density at radius 2 is 1.90 bits per heavy atom. The van der Waals surface area contributed by atoms with E-state index in [0.29, 0.717) is 11.1 Å². The van der Waals surface area contributed by atoms with Gasteiger partial charge in [0, 0.05) is 16.0 Å². The van der Waals surface area contributed by atoms with Crippen molar-refractivity contribution in [1.82, 2.24) is 0 Å². The van der Waals surface area contributed by atoms with E-state index in [-0.39, 0.29) is 17.7 Å². The highest BCUT2D eigenvalue weighted by atomic mass is 32.2. The summed E-state index contributed by atoms with van der Waals surface area (Å²) in [5, 5.41) is 20.2. The van der Waals surface area contributed by atoms with E-state index in [0.717, 1.165) is 10.3 Å². The number of phenolic OH excluding ortho intramolecular Hbond substituents is 1. The zero-order valence-electron chi connectivity index (χ0n) is 11.3. The number of rotatable bonds is 5. The summed E-state index contributed by atoms with van der Waals surface area (Å²) < 4.78 is 4.66. The molecule has 0 saturated heterocycles. The molecule has 6 heteroatoms. The number of methoxy groups -OCH3 is 1. The molecule has 0 saturated carbocycles. The molecule has 0 heterocycles. The van der Waals surface area contributed by atoms with Crippen LogP contribution in [-0.2, 0) is 9.53 Å². The predicted molar refractivity (Wildman–Crippen MR) is 79.9 cm³/mol. The molecule has 0 spiro atoms. The van der Waals surface area contributed by atoms with E-state index in [1.54, 1.807) is 12.1 Å². The van der Waals surface area contributed by atoms with Crippen LogP contribution in [0.3, 0.4) is 0 Å². The number of hydrogen-bond donors (Lipinski definition) is 2. The van der Waals surface area contributed by atoms with E-state index < -0.39 is 11.9 Å². The lowest BCUT2D eigenvalue weighted by atomic mass is 10.1. The van der Waals surface area contributed by atoms with E-state index in [2.05, 4.69) is 4.74 Å². The minimum Gasteiger partial charge on any atom is -0.506 e. The van der Waals surface area contributed by atoms with Gasteiger partial charge >= 0.3 is 11.9 Å². The van der Waals surface area contributed by atoms with Gasteiger partial charge in [0.2, 0.25) is 0 Å². The topological polar surface area (TPSA) is 83.8 Å². The summed E-state index contributed by atoms with van der Waals surface area (Å²) in [4.78, 5) is 23.1. The molecule has 2 rings (SSSR count). The van der Waals surface area contributed by atoms with Gasteiger partial charge in [-0.15, -0.1) is 11.8 Å². The number of aliphatic carboxylic acids is 1. The fourth-order valence-corrected chi connectivity index (χ4v) is 2.99. The van der Waals surface area contributed by atoms with Gasteiger partial charge in [-0.1, -0.05) is 24.3 Å². The number of phenols is 1. The Morgan fingerprint density at radius 1 is 1.24 bits per heavy atom. The predicted octanol–water partition coefficient (Wildman–Crippen LogP) is 2.90. The fraction of sp³-hybridized carbons (Fsp3) is 0.200. The Balaban J connectivity index is 2.49. The second-order valence-electron chi connectivity index (χ2n) is 4.30. The first kappa shape index (κ1) is 15.2. The van der Waals surface area contributed by atoms with Crippen LogP contribution in [0.25, 0.3) is 10.8 Å². The Bertz CT molecular complexity index is 696. The maximum atomic E-state index is 11.7. The molecule has 0 radical (unpaired) electrons. The number of aromatic hydroxyl groups is 1. The summed E-state index contributed by atoms with van der Waals surface area (Å²) in [6, 6.07) is 8.64. The van der Waals surface area contributed by atoms with Gasteiger partial charge in [-0.2, -0.15) is 0 Å². The molecule has 0 atom stereocenters. The van der Waals surface area contributed by atoms with Crippen LogP contribution in [0.1, 0.15) is 16.8 Å². The smallest absolute Gasteiger partial charge is 0.341 e. The number of esters is 1. The normalized spacial score (nSPS) is 10.5. The summed E-state index contributed by atoms with van der Waals surface area (Å²) in [5.74, 6) is -1.25. The zero-order chi connectivity index (χ0) is 15.4. The van der Waals surface area contributed by atoms with Gasteiger partial charge < -0.3 is 14.9 Å². The Hall–Kier alpha value is -2.21. The lowest BCUT2D eigenvalue weighted by Gasteiger charge is -2.11. The van der Waals surface area contributed by atoms with Crippen molar-refractivity contribution in [2.75, 3.05) is 12.9 Å². The number of fused-ring (bicyclic) bond motifs is 1. The summed E-state index contributed by atoms with van der Waals surface area (Å²) >= 11 is 1.33. The maximum Gasteiger partial charge on any atom is 0.341 e. The minimum absolute atomic E-state index is 0.0213. The van der Waals surface area contributed by atoms with Crippen LogP contribution in [0.2, 0.25) is 0 Å². The highest BCUT2D eigenvalue weighted by Crippen LogP contribution is 2.37. The number of ether oxygens (including phenoxy) is 1. The van der Waals surface area contributed by atoms with Crippen molar-refractivity contribution in [3.63, 3.8) is 0 Å². The Kier molecular flexibility index (Phi) is 4.70. The van der Waals surface area contributed by atoms with Crippen LogP contribution in [0, 0.1) is 0 Å². The lowest BCUT2D eigenvalue weighted by Crippen LogP contribution is -2.03. The van der Waals surface area contributed by atoms with E-state index in [4.69, 9.17) is 5.11 Å². The van der Waals surface area contributed by atoms with Gasteiger partial charge in [0.15, 0.2) is 0 Å². The molecule has 0 unspecified atom stereocenters. The van der Waals surface area contributed by atoms with Gasteiger partial charge in [-0.25, -0.2) is 4.79 Å². The Labute approximate surface area is 125 Å². The number of carbonyl (C=O) groups is 2. The van der Waals surface area contributed by atoms with Crippen molar-refractivity contribution in [1.29, 1.82) is 0 Å². The molecule has 21 heavy (non-hydrogen) atoms. The van der Waals surface area contributed by atoms with Gasteiger partial charge in [-0.3, -0.25) is 4.79 Å². The number of carboxylic acid groups (broad SMARTS) is 1. The van der Waals surface area contributed by atoms with E-state index in [1.807, 2.05) is 12.1 Å². The number of benzene rings is 2. The van der Waals surface area contributed by atoms with Crippen molar-refractivity contribution in [2.24, 2.45) is 0 Å². The monoisotopic (exact) mass is 306 g/mol. The highest BCUT2D eigenvalue weighted by molar-refractivity contribution is 7.99. The second-order valence-corrected chi connectivity index (χ2v) is 5.44. The van der Waals surface area contributed by atoms with E-state index >= 15 is 0 Å².